The van der Waals surface area contributed by atoms with E-state index in [1.165, 1.54) is 4.31 Å². The van der Waals surface area contributed by atoms with Crippen molar-refractivity contribution in [3.05, 3.63) is 64.3 Å². The number of anilines is 1. The lowest BCUT2D eigenvalue weighted by Crippen LogP contribution is -2.50. The number of piperazine rings is 1. The van der Waals surface area contributed by atoms with E-state index < -0.39 is 50.3 Å². The normalized spacial score (nSPS) is 15.4. The number of hydrogen-bond donors (Lipinski definition) is 0. The zero-order chi connectivity index (χ0) is 27.1. The molecule has 1 aromatic carbocycles. The standard InChI is InChI=1S/C22H21F5N6O3S/c1-13(2)37(35,36)32-7-5-31(6-8-32)17-12-29-33(21-28-4-3-18(30-21)22(25,26)27)20(34)19(17)14-9-15(23)11-16(24)10-14/h3-4,9-13H,5-8H2,1-2H3. The second-order valence-electron chi connectivity index (χ2n) is 8.50. The van der Waals surface area contributed by atoms with Gasteiger partial charge in [0.1, 0.15) is 17.3 Å². The summed E-state index contributed by atoms with van der Waals surface area (Å²) < 4.78 is 94.5. The van der Waals surface area contributed by atoms with Crippen LogP contribution in [0.4, 0.5) is 27.6 Å². The number of alkyl halides is 3. The molecule has 9 nitrogen and oxygen atoms in total. The Hall–Kier alpha value is -3.46. The highest BCUT2D eigenvalue weighted by atomic mass is 32.2. The average molecular weight is 545 g/mol. The van der Waals surface area contributed by atoms with Gasteiger partial charge in [0.15, 0.2) is 0 Å². The first kappa shape index (κ1) is 26.6. The summed E-state index contributed by atoms with van der Waals surface area (Å²) in [6.07, 6.45) is -2.86. The molecular formula is C22H21F5N6O3S. The topological polar surface area (TPSA) is 101 Å². The Bertz CT molecular complexity index is 1460. The maximum Gasteiger partial charge on any atom is 0.433 e. The van der Waals surface area contributed by atoms with E-state index in [4.69, 9.17) is 0 Å². The smallest absolute Gasteiger partial charge is 0.367 e. The van der Waals surface area contributed by atoms with Crippen molar-refractivity contribution in [2.45, 2.75) is 25.3 Å². The third kappa shape index (κ3) is 5.32. The third-order valence-electron chi connectivity index (χ3n) is 5.77. The Kier molecular flexibility index (Phi) is 7.03. The molecule has 0 amide bonds. The lowest BCUT2D eigenvalue weighted by atomic mass is 10.0. The van der Waals surface area contributed by atoms with Gasteiger partial charge >= 0.3 is 6.18 Å². The monoisotopic (exact) mass is 544 g/mol. The van der Waals surface area contributed by atoms with Gasteiger partial charge in [-0.2, -0.15) is 27.3 Å². The molecule has 0 radical (unpaired) electrons. The molecule has 0 bridgehead atoms. The molecule has 0 spiro atoms. The minimum absolute atomic E-state index is 0.0806. The summed E-state index contributed by atoms with van der Waals surface area (Å²) in [7, 11) is -3.53. The van der Waals surface area contributed by atoms with E-state index in [0.717, 1.165) is 24.5 Å². The molecule has 1 fully saturated rings. The molecule has 37 heavy (non-hydrogen) atoms. The molecule has 3 aromatic rings. The van der Waals surface area contributed by atoms with Gasteiger partial charge < -0.3 is 4.90 Å². The average Bonchev–Trinajstić information content (AvgIpc) is 2.82. The molecule has 0 N–H and O–H groups in total. The largest absolute Gasteiger partial charge is 0.433 e. The van der Waals surface area contributed by atoms with E-state index in [9.17, 15) is 35.2 Å². The van der Waals surface area contributed by atoms with Crippen molar-refractivity contribution in [2.24, 2.45) is 0 Å². The van der Waals surface area contributed by atoms with Gasteiger partial charge in [-0.1, -0.05) is 0 Å². The molecule has 15 heteroatoms. The molecule has 198 valence electrons. The Balaban J connectivity index is 1.82. The molecule has 1 aliphatic rings. The number of hydrogen-bond acceptors (Lipinski definition) is 7. The number of aromatic nitrogens is 4. The summed E-state index contributed by atoms with van der Waals surface area (Å²) >= 11 is 0. The Morgan fingerprint density at radius 2 is 1.62 bits per heavy atom. The number of nitrogens with zero attached hydrogens (tertiary/aromatic N) is 6. The van der Waals surface area contributed by atoms with Gasteiger partial charge in [-0.15, -0.1) is 0 Å². The summed E-state index contributed by atoms with van der Waals surface area (Å²) in [5.74, 6) is -2.64. The van der Waals surface area contributed by atoms with Crippen LogP contribution in [0, 0.1) is 11.6 Å². The minimum Gasteiger partial charge on any atom is -0.367 e. The van der Waals surface area contributed by atoms with Gasteiger partial charge in [0.25, 0.3) is 11.5 Å². The first-order chi connectivity index (χ1) is 17.3. The fourth-order valence-electron chi connectivity index (χ4n) is 3.89. The van der Waals surface area contributed by atoms with Crippen molar-refractivity contribution in [1.29, 1.82) is 0 Å². The van der Waals surface area contributed by atoms with Crippen molar-refractivity contribution >= 4 is 15.7 Å². The van der Waals surface area contributed by atoms with Crippen LogP contribution in [0.15, 0.2) is 41.5 Å². The van der Waals surface area contributed by atoms with Crippen LogP contribution in [0.1, 0.15) is 19.5 Å². The van der Waals surface area contributed by atoms with E-state index in [0.29, 0.717) is 16.8 Å². The predicted octanol–water partition coefficient (Wildman–Crippen LogP) is 2.85. The Labute approximate surface area is 208 Å². The van der Waals surface area contributed by atoms with Crippen LogP contribution in [0.5, 0.6) is 0 Å². The second kappa shape index (κ2) is 9.78. The van der Waals surface area contributed by atoms with E-state index in [1.807, 2.05) is 0 Å². The molecule has 0 saturated carbocycles. The van der Waals surface area contributed by atoms with Crippen molar-refractivity contribution in [2.75, 3.05) is 31.1 Å². The maximum atomic E-state index is 14.1. The van der Waals surface area contributed by atoms with Crippen molar-refractivity contribution in [1.82, 2.24) is 24.1 Å². The third-order valence-corrected chi connectivity index (χ3v) is 8.04. The van der Waals surface area contributed by atoms with Crippen molar-refractivity contribution in [3.63, 3.8) is 0 Å². The zero-order valence-corrected chi connectivity index (χ0v) is 20.4. The summed E-state index contributed by atoms with van der Waals surface area (Å²) in [5, 5.41) is 3.29. The highest BCUT2D eigenvalue weighted by Crippen LogP contribution is 2.31. The predicted molar refractivity (Wildman–Crippen MR) is 124 cm³/mol. The highest BCUT2D eigenvalue weighted by Gasteiger charge is 2.34. The van der Waals surface area contributed by atoms with Gasteiger partial charge in [-0.05, 0) is 37.6 Å². The summed E-state index contributed by atoms with van der Waals surface area (Å²) in [4.78, 5) is 22.2. The Morgan fingerprint density at radius 1 is 1.00 bits per heavy atom. The maximum absolute atomic E-state index is 14.1. The van der Waals surface area contributed by atoms with Crippen molar-refractivity contribution in [3.8, 4) is 17.1 Å². The van der Waals surface area contributed by atoms with Gasteiger partial charge in [0.05, 0.1) is 22.7 Å². The van der Waals surface area contributed by atoms with Crippen LogP contribution in [0.3, 0.4) is 0 Å². The van der Waals surface area contributed by atoms with E-state index in [2.05, 4.69) is 15.1 Å². The molecule has 3 heterocycles. The molecule has 4 rings (SSSR count). The first-order valence-electron chi connectivity index (χ1n) is 11.0. The number of halogens is 5. The van der Waals surface area contributed by atoms with E-state index in [1.54, 1.807) is 18.7 Å². The fraction of sp³-hybridized carbons (Fsp3) is 0.364. The van der Waals surface area contributed by atoms with E-state index in [-0.39, 0.29) is 43.0 Å². The molecule has 0 unspecified atom stereocenters. The second-order valence-corrected chi connectivity index (χ2v) is 11.0. The van der Waals surface area contributed by atoms with Crippen molar-refractivity contribution < 1.29 is 30.4 Å². The zero-order valence-electron chi connectivity index (χ0n) is 19.6. The molecule has 0 aliphatic carbocycles. The van der Waals surface area contributed by atoms with Gasteiger partial charge in [0.2, 0.25) is 10.0 Å². The van der Waals surface area contributed by atoms with Crippen LogP contribution in [0.25, 0.3) is 17.1 Å². The molecule has 1 saturated heterocycles. The Morgan fingerprint density at radius 3 is 2.19 bits per heavy atom. The minimum atomic E-state index is -4.81. The van der Waals surface area contributed by atoms with Gasteiger partial charge in [-0.25, -0.2) is 27.2 Å². The van der Waals surface area contributed by atoms with Crippen LogP contribution in [-0.2, 0) is 16.2 Å². The number of sulfonamides is 1. The van der Waals surface area contributed by atoms with Crippen LogP contribution in [0.2, 0.25) is 0 Å². The van der Waals surface area contributed by atoms with Crippen LogP contribution < -0.4 is 10.5 Å². The quantitative estimate of drug-likeness (QED) is 0.456. The lowest BCUT2D eigenvalue weighted by molar-refractivity contribution is -0.141. The number of benzene rings is 1. The summed E-state index contributed by atoms with van der Waals surface area (Å²) in [6, 6.07) is 3.03. The van der Waals surface area contributed by atoms with E-state index >= 15 is 0 Å². The molecule has 0 atom stereocenters. The lowest BCUT2D eigenvalue weighted by Gasteiger charge is -2.36. The van der Waals surface area contributed by atoms with Gasteiger partial charge in [0, 0.05) is 38.4 Å². The SMILES string of the molecule is CC(C)S(=O)(=O)N1CCN(c2cnn(-c3nccc(C(F)(F)F)n3)c(=O)c2-c2cc(F)cc(F)c2)CC1. The molecule has 1 aliphatic heterocycles. The fourth-order valence-corrected chi connectivity index (χ4v) is 5.16. The molecule has 2 aromatic heterocycles. The van der Waals surface area contributed by atoms with Crippen LogP contribution >= 0.6 is 0 Å². The summed E-state index contributed by atoms with van der Waals surface area (Å²) in [6.45, 7) is 3.52. The first-order valence-corrected chi connectivity index (χ1v) is 12.5. The van der Waals surface area contributed by atoms with Gasteiger partial charge in [-0.3, -0.25) is 4.79 Å². The molecular weight excluding hydrogens is 523 g/mol. The number of rotatable bonds is 5. The summed E-state index contributed by atoms with van der Waals surface area (Å²) in [5.41, 5.74) is -2.64. The highest BCUT2D eigenvalue weighted by molar-refractivity contribution is 7.89. The van der Waals surface area contributed by atoms with Crippen LogP contribution in [-0.4, -0.2) is 63.9 Å².